The molecule has 0 radical (unpaired) electrons. The zero-order valence-electron chi connectivity index (χ0n) is 78.3. The van der Waals surface area contributed by atoms with Crippen LogP contribution in [0.2, 0.25) is 0 Å². The molecular weight excluding hydrogens is 1790 g/mol. The molecule has 18 heteroatoms. The van der Waals surface area contributed by atoms with Crippen molar-refractivity contribution in [1.29, 1.82) is 0 Å². The van der Waals surface area contributed by atoms with Gasteiger partial charge in [0.1, 0.15) is 28.6 Å². The third-order valence-corrected chi connectivity index (χ3v) is 27.8. The van der Waals surface area contributed by atoms with Gasteiger partial charge in [0.05, 0.1) is 122 Å². The molecule has 18 nitrogen and oxygen atoms in total. The molecule has 0 N–H and O–H groups in total. The fraction of sp³-hybridized carbons (Fsp3) is 0. The molecule has 31 aromatic rings. The summed E-state index contributed by atoms with van der Waals surface area (Å²) in [5.74, 6) is 2.53. The minimum atomic E-state index is 0.843. The van der Waals surface area contributed by atoms with Gasteiger partial charge in [-0.05, 0) is 249 Å². The largest absolute Gasteiger partial charge is 0.456 e. The SMILES string of the molecule is c1cc(-n2c3ccccc3c3ncccc32)cc(-n2c3ccccc3c3ncccc32)c1.c1ccc(-c2ccc3c4cccnc4c4ncccc4c3n2)cc1.c1ccc(-n2c(-c3cc(-c4nc5ccccc5n4-c4ccccc4)cc(-c4nc5ccccc5n4-c4ccccc4)c3)nc3ccccc32)cc1.c1ccc2c(c1)c1ncccc1n2-c1ccc2oc3ccc(-n4c5ccccc5c5ncccc54)cc3c2c1. The van der Waals surface area contributed by atoms with E-state index in [1.807, 2.05) is 128 Å². The summed E-state index contributed by atoms with van der Waals surface area (Å²) in [5, 5.41) is 10.0. The van der Waals surface area contributed by atoms with E-state index in [0.29, 0.717) is 0 Å². The molecule has 0 saturated carbocycles. The predicted octanol–water partition coefficient (Wildman–Crippen LogP) is 30.9. The second-order valence-electron chi connectivity index (χ2n) is 36.2. The molecule has 0 aliphatic rings. The lowest BCUT2D eigenvalue weighted by molar-refractivity contribution is 0.669. The Hall–Kier alpha value is -20.2. The van der Waals surface area contributed by atoms with Gasteiger partial charge in [-0.1, -0.05) is 206 Å². The summed E-state index contributed by atoms with van der Waals surface area (Å²) in [6.07, 6.45) is 11.1. The highest BCUT2D eigenvalue weighted by Crippen LogP contribution is 2.44. The van der Waals surface area contributed by atoms with Gasteiger partial charge in [0, 0.05) is 148 Å². The summed E-state index contributed by atoms with van der Waals surface area (Å²) >= 11 is 0. The summed E-state index contributed by atoms with van der Waals surface area (Å²) in [5.41, 5.74) is 35.9. The molecule has 0 amide bonds. The fourth-order valence-electron chi connectivity index (χ4n) is 21.5. The molecule has 15 aromatic heterocycles. The Morgan fingerprint density at radius 2 is 0.432 bits per heavy atom. The van der Waals surface area contributed by atoms with Gasteiger partial charge < -0.3 is 22.7 Å². The number of nitrogens with zero attached hydrogens (tertiary/aromatic N) is 17. The average Bonchev–Trinajstić information content (AvgIpc) is 1.12. The summed E-state index contributed by atoms with van der Waals surface area (Å²) in [7, 11) is 0. The molecule has 0 saturated heterocycles. The molecule has 0 bridgehead atoms. The number of hydrogen-bond donors (Lipinski definition) is 0. The number of aromatic nitrogens is 17. The highest BCUT2D eigenvalue weighted by Gasteiger charge is 2.27. The van der Waals surface area contributed by atoms with Crippen LogP contribution in [0.5, 0.6) is 0 Å². The van der Waals surface area contributed by atoms with Crippen LogP contribution in [0.4, 0.5) is 0 Å². The maximum atomic E-state index is 6.30. The first-order valence-electron chi connectivity index (χ1n) is 48.6. The Bertz CT molecular complexity index is 9710. The fourth-order valence-corrected chi connectivity index (χ4v) is 21.5. The van der Waals surface area contributed by atoms with Gasteiger partial charge in [-0.2, -0.15) is 0 Å². The number of imidazole rings is 3. The van der Waals surface area contributed by atoms with Gasteiger partial charge in [0.15, 0.2) is 0 Å². The van der Waals surface area contributed by atoms with Crippen LogP contribution in [-0.2, 0) is 0 Å². The molecule has 0 aliphatic carbocycles. The van der Waals surface area contributed by atoms with Crippen molar-refractivity contribution >= 4 is 175 Å². The van der Waals surface area contributed by atoms with Gasteiger partial charge in [-0.3, -0.25) is 43.6 Å². The lowest BCUT2D eigenvalue weighted by Crippen LogP contribution is -2.02. The van der Waals surface area contributed by atoms with Crippen LogP contribution in [-0.4, -0.2) is 81.8 Å². The number of furan rings is 1. The summed E-state index contributed by atoms with van der Waals surface area (Å²) in [6, 6.07) is 157. The van der Waals surface area contributed by atoms with Crippen LogP contribution in [0.25, 0.3) is 261 Å². The van der Waals surface area contributed by atoms with Gasteiger partial charge in [0.25, 0.3) is 0 Å². The van der Waals surface area contributed by atoms with E-state index in [9.17, 15) is 0 Å². The van der Waals surface area contributed by atoms with Crippen LogP contribution in [0.15, 0.2) is 497 Å². The van der Waals surface area contributed by atoms with E-state index in [1.165, 1.54) is 0 Å². The smallest absolute Gasteiger partial charge is 0.145 e. The third-order valence-electron chi connectivity index (χ3n) is 27.8. The van der Waals surface area contributed by atoms with E-state index < -0.39 is 0 Å². The topological polar surface area (TPSA) is 177 Å². The Kier molecular flexibility index (Phi) is 20.1. The van der Waals surface area contributed by atoms with Crippen molar-refractivity contribution in [1.82, 2.24) is 81.8 Å². The quantitative estimate of drug-likeness (QED) is 0.113. The van der Waals surface area contributed by atoms with Crippen LogP contribution in [0.1, 0.15) is 0 Å². The molecule has 684 valence electrons. The van der Waals surface area contributed by atoms with E-state index in [1.54, 1.807) is 0 Å². The number of benzene rings is 16. The maximum Gasteiger partial charge on any atom is 0.145 e. The zero-order chi connectivity index (χ0) is 96.2. The van der Waals surface area contributed by atoms with Crippen molar-refractivity contribution < 1.29 is 4.42 Å². The van der Waals surface area contributed by atoms with Gasteiger partial charge in [0.2, 0.25) is 0 Å². The van der Waals surface area contributed by atoms with Crippen molar-refractivity contribution in [3.63, 3.8) is 0 Å². The minimum Gasteiger partial charge on any atom is -0.456 e. The lowest BCUT2D eigenvalue weighted by Gasteiger charge is -2.15. The normalized spacial score (nSPS) is 11.7. The summed E-state index contributed by atoms with van der Waals surface area (Å²) < 4.78 is 22.2. The van der Waals surface area contributed by atoms with Crippen LogP contribution in [0.3, 0.4) is 0 Å². The molecule has 31 rings (SSSR count). The number of hydrogen-bond acceptors (Lipinski definition) is 11. The first kappa shape index (κ1) is 83.9. The molecule has 0 aliphatic heterocycles. The Labute approximate surface area is 833 Å². The Morgan fingerprint density at radius 1 is 0.151 bits per heavy atom. The van der Waals surface area contributed by atoms with E-state index in [-0.39, 0.29) is 0 Å². The lowest BCUT2D eigenvalue weighted by atomic mass is 10.0. The monoisotopic (exact) mass is 1870 g/mol. The first-order valence-corrected chi connectivity index (χ1v) is 48.6. The average molecular weight is 1870 g/mol. The van der Waals surface area contributed by atoms with E-state index in [0.717, 1.165) is 261 Å². The van der Waals surface area contributed by atoms with Gasteiger partial charge in [-0.15, -0.1) is 0 Å². The maximum absolute atomic E-state index is 6.30. The highest BCUT2D eigenvalue weighted by molar-refractivity contribution is 6.22. The summed E-state index contributed by atoms with van der Waals surface area (Å²) in [6.45, 7) is 0. The molecule has 15 heterocycles. The second-order valence-corrected chi connectivity index (χ2v) is 36.2. The zero-order valence-corrected chi connectivity index (χ0v) is 78.3. The molecule has 0 spiro atoms. The van der Waals surface area contributed by atoms with Crippen molar-refractivity contribution in [2.45, 2.75) is 0 Å². The van der Waals surface area contributed by atoms with Gasteiger partial charge >= 0.3 is 0 Å². The van der Waals surface area contributed by atoms with Crippen LogP contribution < -0.4 is 0 Å². The number of para-hydroxylation sites is 13. The molecule has 0 unspecified atom stereocenters. The standard InChI is InChI=1S/C45H30N6.C34H20N4O.C28H18N4.C21H13N3/c1-4-16-34(17-5-1)49-40-25-13-10-22-37(40)46-43(49)31-28-32(44-47-38-23-11-14-26-41(38)50(44)35-18-6-2-7-19-35)30-33(29-31)45-48-39-24-12-15-27-42(39)51(45)36-20-8-3-9-21-36;1-3-9-27-23(7-1)33-29(11-5-17-35-33)37(27)21-13-15-31-25(19-21)26-20-22(14-16-32(26)39-31)38-28-10-4-2-8-24(28)34-30(38)12-6-18-36-34;1-3-12-23-21(10-1)27-25(14-6-16-29-27)31(23)19-8-5-9-20(18-19)32-24-13-4-2-11-22(24)28-26(32)15-7-17-30-28;1-2-6-14(7-3-1)18-11-10-16-15-8-4-12-22-20(15)21-17(19(16)24-18)9-5-13-23-21/h1-30H;1-20H;1-18H;1-13H. The highest BCUT2D eigenvalue weighted by atomic mass is 16.3. The minimum absolute atomic E-state index is 0.843. The molecule has 0 atom stereocenters. The van der Waals surface area contributed by atoms with E-state index in [2.05, 4.69) is 416 Å². The number of fused-ring (bicyclic) bond motifs is 24. The number of pyridine rings is 7. The molecule has 16 aromatic carbocycles. The van der Waals surface area contributed by atoms with Crippen LogP contribution in [0, 0.1) is 0 Å². The van der Waals surface area contributed by atoms with Crippen molar-refractivity contribution in [3.05, 3.63) is 492 Å². The Morgan fingerprint density at radius 3 is 0.808 bits per heavy atom. The van der Waals surface area contributed by atoms with E-state index in [4.69, 9.17) is 34.3 Å². The van der Waals surface area contributed by atoms with Gasteiger partial charge in [-0.25, -0.2) is 19.9 Å². The molecule has 0 fully saturated rings. The van der Waals surface area contributed by atoms with Crippen LogP contribution >= 0.6 is 0 Å². The number of rotatable bonds is 11. The Balaban J connectivity index is 0.0000000975. The second kappa shape index (κ2) is 35.0. The molecular formula is C128H81N17O. The van der Waals surface area contributed by atoms with Crippen molar-refractivity contribution in [2.75, 3.05) is 0 Å². The molecule has 146 heavy (non-hydrogen) atoms. The van der Waals surface area contributed by atoms with Crippen molar-refractivity contribution in [3.8, 4) is 85.2 Å². The summed E-state index contributed by atoms with van der Waals surface area (Å²) in [4.78, 5) is 48.7. The van der Waals surface area contributed by atoms with Crippen molar-refractivity contribution in [2.24, 2.45) is 0 Å². The predicted molar refractivity (Wildman–Crippen MR) is 593 cm³/mol. The van der Waals surface area contributed by atoms with E-state index >= 15 is 0 Å². The third kappa shape index (κ3) is 14.1. The first-order chi connectivity index (χ1) is 72.5.